The number of anilines is 1. The molecule has 1 amide bonds. The third kappa shape index (κ3) is 3.49. The Morgan fingerprint density at radius 2 is 1.92 bits per heavy atom. The third-order valence-corrected chi connectivity index (χ3v) is 4.51. The molecule has 0 aliphatic carbocycles. The minimum absolute atomic E-state index is 0.188. The lowest BCUT2D eigenvalue weighted by atomic mass is 10.0. The predicted octanol–water partition coefficient (Wildman–Crippen LogP) is 1.22. The summed E-state index contributed by atoms with van der Waals surface area (Å²) in [7, 11) is 0. The first-order chi connectivity index (χ1) is 11.6. The molecule has 1 aromatic heterocycles. The number of amides is 1. The van der Waals surface area contributed by atoms with Crippen LogP contribution in [-0.4, -0.2) is 53.0 Å². The zero-order valence-electron chi connectivity index (χ0n) is 14.4. The number of aromatic nitrogens is 2. The number of rotatable bonds is 4. The Labute approximate surface area is 142 Å². The number of aryl methyl sites for hydroxylation is 1. The van der Waals surface area contributed by atoms with Crippen molar-refractivity contribution in [2.75, 3.05) is 31.1 Å². The van der Waals surface area contributed by atoms with Crippen LogP contribution < -0.4 is 4.90 Å². The lowest BCUT2D eigenvalue weighted by Crippen LogP contribution is -2.39. The van der Waals surface area contributed by atoms with E-state index in [0.717, 1.165) is 36.0 Å². The number of ether oxygens (including phenoxy) is 1. The normalized spacial score (nSPS) is 16.9. The first-order valence-corrected chi connectivity index (χ1v) is 8.63. The first kappa shape index (κ1) is 16.7. The van der Waals surface area contributed by atoms with Crippen LogP contribution in [0.25, 0.3) is 0 Å². The van der Waals surface area contributed by atoms with Crippen molar-refractivity contribution in [1.29, 1.82) is 0 Å². The van der Waals surface area contributed by atoms with Gasteiger partial charge in [0.15, 0.2) is 0 Å². The molecular formula is C17H24N4O3. The molecule has 0 spiro atoms. The van der Waals surface area contributed by atoms with Crippen molar-refractivity contribution in [3.63, 3.8) is 0 Å². The summed E-state index contributed by atoms with van der Waals surface area (Å²) < 4.78 is 4.87. The van der Waals surface area contributed by atoms with E-state index >= 15 is 0 Å². The SMILES string of the molecule is CCOC(=O)CC(=O)N1CCc2nc(C)nc(N3CCCC3)c2C1. The van der Waals surface area contributed by atoms with Crippen LogP contribution in [0.4, 0.5) is 5.82 Å². The number of carbonyl (C=O) groups excluding carboxylic acids is 2. The quantitative estimate of drug-likeness (QED) is 0.610. The van der Waals surface area contributed by atoms with Gasteiger partial charge in [-0.25, -0.2) is 9.97 Å². The molecule has 0 unspecified atom stereocenters. The number of nitrogens with zero attached hydrogens (tertiary/aromatic N) is 4. The van der Waals surface area contributed by atoms with Crippen LogP contribution in [0.3, 0.4) is 0 Å². The van der Waals surface area contributed by atoms with Gasteiger partial charge in [-0.1, -0.05) is 0 Å². The maximum absolute atomic E-state index is 12.4. The third-order valence-electron chi connectivity index (χ3n) is 4.51. The van der Waals surface area contributed by atoms with Gasteiger partial charge in [-0.05, 0) is 26.7 Å². The Morgan fingerprint density at radius 3 is 2.62 bits per heavy atom. The molecule has 2 aliphatic rings. The number of hydrogen-bond acceptors (Lipinski definition) is 6. The van der Waals surface area contributed by atoms with E-state index in [1.54, 1.807) is 11.8 Å². The largest absolute Gasteiger partial charge is 0.466 e. The fourth-order valence-electron chi connectivity index (χ4n) is 3.37. The van der Waals surface area contributed by atoms with Crippen molar-refractivity contribution >= 4 is 17.7 Å². The van der Waals surface area contributed by atoms with E-state index in [9.17, 15) is 9.59 Å². The van der Waals surface area contributed by atoms with Gasteiger partial charge in [0.25, 0.3) is 0 Å². The van der Waals surface area contributed by atoms with Gasteiger partial charge in [0, 0.05) is 31.6 Å². The molecule has 2 aliphatic heterocycles. The van der Waals surface area contributed by atoms with Gasteiger partial charge < -0.3 is 14.5 Å². The summed E-state index contributed by atoms with van der Waals surface area (Å²) in [5.74, 6) is 1.09. The van der Waals surface area contributed by atoms with Crippen LogP contribution in [0, 0.1) is 6.92 Å². The van der Waals surface area contributed by atoms with Crippen molar-refractivity contribution < 1.29 is 14.3 Å². The van der Waals surface area contributed by atoms with Crippen LogP contribution in [0.15, 0.2) is 0 Å². The van der Waals surface area contributed by atoms with E-state index < -0.39 is 5.97 Å². The zero-order chi connectivity index (χ0) is 17.1. The van der Waals surface area contributed by atoms with Gasteiger partial charge >= 0.3 is 5.97 Å². The first-order valence-electron chi connectivity index (χ1n) is 8.63. The lowest BCUT2D eigenvalue weighted by molar-refractivity contribution is -0.148. The number of fused-ring (bicyclic) bond motifs is 1. The van der Waals surface area contributed by atoms with Crippen molar-refractivity contribution in [1.82, 2.24) is 14.9 Å². The minimum atomic E-state index is -0.465. The number of esters is 1. The summed E-state index contributed by atoms with van der Waals surface area (Å²) in [4.78, 5) is 37.1. The molecular weight excluding hydrogens is 308 g/mol. The van der Waals surface area contributed by atoms with E-state index in [1.807, 2.05) is 6.92 Å². The second-order valence-electron chi connectivity index (χ2n) is 6.26. The fraction of sp³-hybridized carbons (Fsp3) is 0.647. The molecule has 7 nitrogen and oxygen atoms in total. The van der Waals surface area contributed by atoms with Gasteiger partial charge in [0.2, 0.25) is 5.91 Å². The second-order valence-corrected chi connectivity index (χ2v) is 6.26. The van der Waals surface area contributed by atoms with Crippen LogP contribution in [0.1, 0.15) is 43.3 Å². The van der Waals surface area contributed by atoms with Gasteiger partial charge in [0.1, 0.15) is 18.1 Å². The predicted molar refractivity (Wildman–Crippen MR) is 88.6 cm³/mol. The second kappa shape index (κ2) is 7.15. The van der Waals surface area contributed by atoms with E-state index in [-0.39, 0.29) is 12.3 Å². The van der Waals surface area contributed by atoms with Crippen LogP contribution in [-0.2, 0) is 27.3 Å². The maximum Gasteiger partial charge on any atom is 0.315 e. The Hall–Kier alpha value is -2.18. The molecule has 3 heterocycles. The average molecular weight is 332 g/mol. The molecule has 1 aromatic rings. The highest BCUT2D eigenvalue weighted by molar-refractivity contribution is 5.94. The topological polar surface area (TPSA) is 75.6 Å². The number of hydrogen-bond donors (Lipinski definition) is 0. The van der Waals surface area contributed by atoms with Crippen molar-refractivity contribution in [2.24, 2.45) is 0 Å². The molecule has 24 heavy (non-hydrogen) atoms. The van der Waals surface area contributed by atoms with Gasteiger partial charge in [-0.3, -0.25) is 9.59 Å². The minimum Gasteiger partial charge on any atom is -0.466 e. The molecule has 3 rings (SSSR count). The van der Waals surface area contributed by atoms with Gasteiger partial charge in [-0.2, -0.15) is 0 Å². The van der Waals surface area contributed by atoms with E-state index in [2.05, 4.69) is 14.9 Å². The highest BCUT2D eigenvalue weighted by Crippen LogP contribution is 2.29. The lowest BCUT2D eigenvalue weighted by Gasteiger charge is -2.31. The Bertz CT molecular complexity index is 641. The summed E-state index contributed by atoms with van der Waals surface area (Å²) in [6.45, 7) is 7.00. The highest BCUT2D eigenvalue weighted by atomic mass is 16.5. The molecule has 0 atom stereocenters. The Kier molecular flexibility index (Phi) is 4.97. The summed E-state index contributed by atoms with van der Waals surface area (Å²) in [6, 6.07) is 0. The monoisotopic (exact) mass is 332 g/mol. The van der Waals surface area contributed by atoms with Gasteiger partial charge in [-0.15, -0.1) is 0 Å². The molecule has 0 radical (unpaired) electrons. The summed E-state index contributed by atoms with van der Waals surface area (Å²) in [5, 5.41) is 0. The van der Waals surface area contributed by atoms with Crippen LogP contribution >= 0.6 is 0 Å². The summed E-state index contributed by atoms with van der Waals surface area (Å²) >= 11 is 0. The molecule has 0 saturated carbocycles. The smallest absolute Gasteiger partial charge is 0.315 e. The van der Waals surface area contributed by atoms with Crippen molar-refractivity contribution in [3.05, 3.63) is 17.1 Å². The molecule has 0 aromatic carbocycles. The molecule has 0 N–H and O–H groups in total. The Balaban J connectivity index is 1.79. The average Bonchev–Trinajstić information content (AvgIpc) is 3.08. The van der Waals surface area contributed by atoms with Crippen molar-refractivity contribution in [3.8, 4) is 0 Å². The molecule has 0 bridgehead atoms. The van der Waals surface area contributed by atoms with Gasteiger partial charge in [0.05, 0.1) is 18.8 Å². The molecule has 7 heteroatoms. The fourth-order valence-corrected chi connectivity index (χ4v) is 3.37. The standard InChI is InChI=1S/C17H24N4O3/c1-3-24-16(23)10-15(22)21-9-6-14-13(11-21)17(19-12(2)18-14)20-7-4-5-8-20/h3-11H2,1-2H3. The molecule has 1 saturated heterocycles. The van der Waals surface area contributed by atoms with E-state index in [4.69, 9.17) is 4.74 Å². The molecule has 1 fully saturated rings. The van der Waals surface area contributed by atoms with E-state index in [0.29, 0.717) is 26.1 Å². The van der Waals surface area contributed by atoms with E-state index in [1.165, 1.54) is 12.8 Å². The number of carbonyl (C=O) groups is 2. The summed E-state index contributed by atoms with van der Waals surface area (Å²) in [6.07, 6.45) is 2.84. The van der Waals surface area contributed by atoms with Crippen LogP contribution in [0.2, 0.25) is 0 Å². The molecule has 130 valence electrons. The Morgan fingerprint density at radius 1 is 1.17 bits per heavy atom. The van der Waals surface area contributed by atoms with Crippen LogP contribution in [0.5, 0.6) is 0 Å². The zero-order valence-corrected chi connectivity index (χ0v) is 14.4. The van der Waals surface area contributed by atoms with Crippen molar-refractivity contribution in [2.45, 2.75) is 46.1 Å². The highest BCUT2D eigenvalue weighted by Gasteiger charge is 2.28. The summed E-state index contributed by atoms with van der Waals surface area (Å²) in [5.41, 5.74) is 2.07. The maximum atomic E-state index is 12.4.